The summed E-state index contributed by atoms with van der Waals surface area (Å²) in [5.41, 5.74) is 2.61. The first-order valence-electron chi connectivity index (χ1n) is 12.6. The van der Waals surface area contributed by atoms with Gasteiger partial charge in [-0.2, -0.15) is 0 Å². The minimum atomic E-state index is 0.327. The lowest BCUT2D eigenvalue weighted by Crippen LogP contribution is -2.49. The summed E-state index contributed by atoms with van der Waals surface area (Å²) in [6.07, 6.45) is 8.09. The predicted octanol–water partition coefficient (Wildman–Crippen LogP) is 3.70. The van der Waals surface area contributed by atoms with Crippen molar-refractivity contribution in [2.45, 2.75) is 51.5 Å². The van der Waals surface area contributed by atoms with Crippen LogP contribution in [0, 0.1) is 12.8 Å². The third-order valence-corrected chi connectivity index (χ3v) is 7.38. The van der Waals surface area contributed by atoms with Crippen molar-refractivity contribution in [2.75, 3.05) is 54.4 Å². The van der Waals surface area contributed by atoms with Crippen LogP contribution in [0.2, 0.25) is 0 Å². The van der Waals surface area contributed by atoms with E-state index < -0.39 is 0 Å². The molecule has 7 heteroatoms. The zero-order valence-electron chi connectivity index (χ0n) is 19.7. The second-order valence-electron chi connectivity index (χ2n) is 9.80. The van der Waals surface area contributed by atoms with Gasteiger partial charge in [0.25, 0.3) is 0 Å². The van der Waals surface area contributed by atoms with Gasteiger partial charge in [-0.05, 0) is 56.6 Å². The highest BCUT2D eigenvalue weighted by Crippen LogP contribution is 2.28. The molecule has 5 rings (SSSR count). The molecule has 1 aromatic carbocycles. The number of nitrogens with zero attached hydrogens (tertiary/aromatic N) is 5. The Morgan fingerprint density at radius 1 is 0.970 bits per heavy atom. The molecule has 1 aliphatic carbocycles. The fraction of sp³-hybridized carbons (Fsp3) is 0.577. The number of aromatic nitrogens is 2. The number of carbonyl (C=O) groups is 1. The van der Waals surface area contributed by atoms with E-state index in [1.54, 1.807) is 6.33 Å². The Balaban J connectivity index is 1.04. The van der Waals surface area contributed by atoms with Crippen molar-refractivity contribution in [3.63, 3.8) is 0 Å². The number of piperazine rings is 1. The predicted molar refractivity (Wildman–Crippen MR) is 133 cm³/mol. The number of para-hydroxylation sites is 1. The Hall–Kier alpha value is -2.83. The molecule has 1 N–H and O–H groups in total. The highest BCUT2D eigenvalue weighted by molar-refractivity contribution is 5.76. The van der Waals surface area contributed by atoms with Crippen molar-refractivity contribution >= 4 is 23.2 Å². The number of rotatable bonds is 7. The topological polar surface area (TPSA) is 64.6 Å². The van der Waals surface area contributed by atoms with Crippen molar-refractivity contribution < 1.29 is 4.79 Å². The van der Waals surface area contributed by atoms with Crippen LogP contribution in [0.25, 0.3) is 0 Å². The Labute approximate surface area is 197 Å². The molecule has 7 nitrogen and oxygen atoms in total. The van der Waals surface area contributed by atoms with Crippen molar-refractivity contribution in [1.82, 2.24) is 14.9 Å². The van der Waals surface area contributed by atoms with Gasteiger partial charge in [0.05, 0.1) is 0 Å². The number of benzene rings is 1. The standard InChI is InChI=1S/C26H36N6O/c1-20-4-2-3-5-23(20)30-14-16-32(17-15-30)26(33)9-6-21-10-12-31(13-11-21)25-18-24(27-19-28-25)29-22-7-8-22/h2-5,18-19,21-22H,6-17H2,1H3,(H,27,28,29). The molecule has 33 heavy (non-hydrogen) atoms. The quantitative estimate of drug-likeness (QED) is 0.697. The third-order valence-electron chi connectivity index (χ3n) is 7.38. The van der Waals surface area contributed by atoms with E-state index in [4.69, 9.17) is 0 Å². The maximum Gasteiger partial charge on any atom is 0.222 e. The summed E-state index contributed by atoms with van der Waals surface area (Å²) in [5, 5.41) is 3.46. The summed E-state index contributed by atoms with van der Waals surface area (Å²) >= 11 is 0. The molecule has 3 aliphatic rings. The van der Waals surface area contributed by atoms with Gasteiger partial charge in [-0.15, -0.1) is 0 Å². The normalized spacial score (nSPS) is 19.6. The van der Waals surface area contributed by atoms with Gasteiger partial charge >= 0.3 is 0 Å². The second kappa shape index (κ2) is 9.98. The number of aryl methyl sites for hydroxylation is 1. The lowest BCUT2D eigenvalue weighted by Gasteiger charge is -2.37. The fourth-order valence-corrected chi connectivity index (χ4v) is 5.09. The Morgan fingerprint density at radius 2 is 1.73 bits per heavy atom. The van der Waals surface area contributed by atoms with Gasteiger partial charge in [0, 0.05) is 63.5 Å². The Morgan fingerprint density at radius 3 is 2.45 bits per heavy atom. The fourth-order valence-electron chi connectivity index (χ4n) is 5.09. The minimum absolute atomic E-state index is 0.327. The van der Waals surface area contributed by atoms with Gasteiger partial charge in [-0.1, -0.05) is 18.2 Å². The average molecular weight is 449 g/mol. The maximum absolute atomic E-state index is 12.8. The van der Waals surface area contributed by atoms with Crippen LogP contribution in [0.1, 0.15) is 44.1 Å². The SMILES string of the molecule is Cc1ccccc1N1CCN(C(=O)CCC2CCN(c3cc(NC4CC4)ncn3)CC2)CC1. The molecular formula is C26H36N6O. The number of anilines is 3. The van der Waals surface area contributed by atoms with E-state index in [-0.39, 0.29) is 0 Å². The number of hydrogen-bond donors (Lipinski definition) is 1. The lowest BCUT2D eigenvalue weighted by atomic mass is 9.92. The van der Waals surface area contributed by atoms with Gasteiger partial charge < -0.3 is 20.0 Å². The number of hydrogen-bond acceptors (Lipinski definition) is 6. The van der Waals surface area contributed by atoms with Crippen LogP contribution in [0.3, 0.4) is 0 Å². The van der Waals surface area contributed by atoms with Gasteiger partial charge in [-0.25, -0.2) is 9.97 Å². The summed E-state index contributed by atoms with van der Waals surface area (Å²) in [4.78, 5) is 28.5. The molecule has 1 amide bonds. The number of amides is 1. The molecule has 2 aromatic rings. The highest BCUT2D eigenvalue weighted by Gasteiger charge is 2.26. The van der Waals surface area contributed by atoms with Crippen LogP contribution in [0.5, 0.6) is 0 Å². The van der Waals surface area contributed by atoms with E-state index in [0.29, 0.717) is 24.3 Å². The van der Waals surface area contributed by atoms with Crippen LogP contribution >= 0.6 is 0 Å². The molecule has 0 unspecified atom stereocenters. The van der Waals surface area contributed by atoms with E-state index in [0.717, 1.165) is 70.2 Å². The number of nitrogens with one attached hydrogen (secondary N) is 1. The molecule has 176 valence electrons. The first-order chi connectivity index (χ1) is 16.2. The largest absolute Gasteiger partial charge is 0.368 e. The lowest BCUT2D eigenvalue weighted by molar-refractivity contribution is -0.131. The van der Waals surface area contributed by atoms with E-state index >= 15 is 0 Å². The molecule has 3 fully saturated rings. The van der Waals surface area contributed by atoms with E-state index in [1.165, 1.54) is 24.1 Å². The molecule has 0 atom stereocenters. The van der Waals surface area contributed by atoms with Gasteiger partial charge in [0.2, 0.25) is 5.91 Å². The van der Waals surface area contributed by atoms with Crippen molar-refractivity contribution in [3.8, 4) is 0 Å². The molecule has 2 saturated heterocycles. The van der Waals surface area contributed by atoms with Crippen LogP contribution in [-0.2, 0) is 4.79 Å². The van der Waals surface area contributed by atoms with Crippen LogP contribution in [-0.4, -0.2) is 66.1 Å². The number of carbonyl (C=O) groups excluding carboxylic acids is 1. The summed E-state index contributed by atoms with van der Waals surface area (Å²) in [6, 6.07) is 11.2. The summed E-state index contributed by atoms with van der Waals surface area (Å²) in [7, 11) is 0. The van der Waals surface area contributed by atoms with E-state index in [2.05, 4.69) is 67.2 Å². The second-order valence-corrected chi connectivity index (χ2v) is 9.80. The van der Waals surface area contributed by atoms with Crippen molar-refractivity contribution in [2.24, 2.45) is 5.92 Å². The van der Waals surface area contributed by atoms with Gasteiger partial charge in [0.15, 0.2) is 0 Å². The zero-order chi connectivity index (χ0) is 22.6. The molecule has 2 aliphatic heterocycles. The number of piperidine rings is 1. The molecule has 1 saturated carbocycles. The maximum atomic E-state index is 12.8. The smallest absolute Gasteiger partial charge is 0.222 e. The molecular weight excluding hydrogens is 412 g/mol. The highest BCUT2D eigenvalue weighted by atomic mass is 16.2. The van der Waals surface area contributed by atoms with Crippen molar-refractivity contribution in [1.29, 1.82) is 0 Å². The van der Waals surface area contributed by atoms with Crippen molar-refractivity contribution in [3.05, 3.63) is 42.2 Å². The zero-order valence-corrected chi connectivity index (χ0v) is 19.7. The Kier molecular flexibility index (Phi) is 6.65. The van der Waals surface area contributed by atoms with Gasteiger partial charge in [0.1, 0.15) is 18.0 Å². The third kappa shape index (κ3) is 5.57. The molecule has 0 spiro atoms. The monoisotopic (exact) mass is 448 g/mol. The molecule has 0 bridgehead atoms. The van der Waals surface area contributed by atoms with Crippen LogP contribution in [0.15, 0.2) is 36.7 Å². The van der Waals surface area contributed by atoms with Gasteiger partial charge in [-0.3, -0.25) is 4.79 Å². The average Bonchev–Trinajstić information content (AvgIpc) is 3.67. The first-order valence-corrected chi connectivity index (χ1v) is 12.6. The minimum Gasteiger partial charge on any atom is -0.368 e. The van der Waals surface area contributed by atoms with E-state index in [9.17, 15) is 4.79 Å². The van der Waals surface area contributed by atoms with Crippen LogP contribution < -0.4 is 15.1 Å². The summed E-state index contributed by atoms with van der Waals surface area (Å²) in [5.74, 6) is 2.92. The molecule has 3 heterocycles. The van der Waals surface area contributed by atoms with E-state index in [1.807, 2.05) is 0 Å². The molecule has 0 radical (unpaired) electrons. The van der Waals surface area contributed by atoms with Crippen LogP contribution in [0.4, 0.5) is 17.3 Å². The summed E-state index contributed by atoms with van der Waals surface area (Å²) < 4.78 is 0. The molecule has 1 aromatic heterocycles. The summed E-state index contributed by atoms with van der Waals surface area (Å²) in [6.45, 7) is 7.68. The Bertz CT molecular complexity index is 945. The first kappa shape index (κ1) is 22.0.